The molecule has 2 aliphatic heterocycles. The summed E-state index contributed by atoms with van der Waals surface area (Å²) in [5.74, 6) is -1.54. The smallest absolute Gasteiger partial charge is 0.448 e. The Hall–Kier alpha value is -2.36. The molecule has 202 valence electrons. The van der Waals surface area contributed by atoms with Crippen molar-refractivity contribution in [3.05, 3.63) is 58.7 Å². The first-order chi connectivity index (χ1) is 17.4. The van der Waals surface area contributed by atoms with Crippen molar-refractivity contribution >= 4 is 23.4 Å². The van der Waals surface area contributed by atoms with Gasteiger partial charge >= 0.3 is 12.1 Å². The van der Waals surface area contributed by atoms with E-state index in [0.29, 0.717) is 24.0 Å². The van der Waals surface area contributed by atoms with Gasteiger partial charge in [-0.15, -0.1) is 0 Å². The lowest BCUT2D eigenvalue weighted by Crippen LogP contribution is -2.56. The highest BCUT2D eigenvalue weighted by Crippen LogP contribution is 2.32. The van der Waals surface area contributed by atoms with Crippen molar-refractivity contribution in [2.75, 3.05) is 31.1 Å². The molecule has 1 aromatic heterocycles. The second-order valence-corrected chi connectivity index (χ2v) is 10.8. The summed E-state index contributed by atoms with van der Waals surface area (Å²) < 4.78 is 49.0. The van der Waals surface area contributed by atoms with Crippen LogP contribution in [0.4, 0.5) is 19.0 Å². The number of piperidine rings is 1. The number of carbonyl (C=O) groups excluding carboxylic acids is 1. The molecule has 2 fully saturated rings. The topological polar surface area (TPSA) is 54.9 Å². The number of morpholine rings is 1. The summed E-state index contributed by atoms with van der Waals surface area (Å²) in [5.41, 5.74) is 0.244. The minimum Gasteiger partial charge on any atom is -0.448 e. The Morgan fingerprint density at radius 3 is 2.49 bits per heavy atom. The van der Waals surface area contributed by atoms with Crippen molar-refractivity contribution in [3.8, 4) is 0 Å². The first-order valence-corrected chi connectivity index (χ1v) is 12.9. The Morgan fingerprint density at radius 1 is 1.16 bits per heavy atom. The van der Waals surface area contributed by atoms with Gasteiger partial charge < -0.3 is 14.4 Å². The number of hydrogen-bond acceptors (Lipinski definition) is 6. The number of anilines is 1. The number of ether oxygens (including phenoxy) is 2. The maximum absolute atomic E-state index is 12.7. The SMILES string of the molecule is C[C@H]1CN(C2CCN(c3cc(C(C)(C)OC(=O)C(F)(F)F)ccn3)CC2)[C@@H](Cc2ccc(Cl)cc2)CO1. The molecule has 3 heterocycles. The van der Waals surface area contributed by atoms with Gasteiger partial charge in [-0.3, -0.25) is 4.90 Å². The van der Waals surface area contributed by atoms with E-state index in [0.717, 1.165) is 43.9 Å². The first kappa shape index (κ1) is 27.7. The van der Waals surface area contributed by atoms with E-state index in [1.54, 1.807) is 18.3 Å². The number of rotatable bonds is 6. The fraction of sp³-hybridized carbons (Fsp3) is 0.556. The van der Waals surface area contributed by atoms with Gasteiger partial charge in [-0.2, -0.15) is 13.2 Å². The van der Waals surface area contributed by atoms with Crippen molar-refractivity contribution in [1.29, 1.82) is 0 Å². The molecule has 2 atom stereocenters. The summed E-state index contributed by atoms with van der Waals surface area (Å²) in [6.45, 7) is 8.08. The van der Waals surface area contributed by atoms with Crippen molar-refractivity contribution in [3.63, 3.8) is 0 Å². The van der Waals surface area contributed by atoms with Crippen LogP contribution in [-0.2, 0) is 26.3 Å². The van der Waals surface area contributed by atoms with Crippen LogP contribution in [0.1, 0.15) is 44.7 Å². The third-order valence-corrected chi connectivity index (χ3v) is 7.42. The van der Waals surface area contributed by atoms with Crippen molar-refractivity contribution in [2.45, 2.75) is 70.0 Å². The lowest BCUT2D eigenvalue weighted by Gasteiger charge is -2.46. The Balaban J connectivity index is 1.41. The van der Waals surface area contributed by atoms with Crippen LogP contribution in [0.25, 0.3) is 0 Å². The molecular formula is C27H33ClF3N3O3. The third kappa shape index (κ3) is 6.94. The van der Waals surface area contributed by atoms with Gasteiger partial charge in [0.05, 0.1) is 12.7 Å². The molecule has 4 rings (SSSR count). The molecular weight excluding hydrogens is 507 g/mol. The molecule has 2 aromatic rings. The van der Waals surface area contributed by atoms with Crippen LogP contribution < -0.4 is 4.90 Å². The molecule has 1 aromatic carbocycles. The molecule has 37 heavy (non-hydrogen) atoms. The molecule has 0 spiro atoms. The predicted molar refractivity (Wildman–Crippen MR) is 136 cm³/mol. The molecule has 0 bridgehead atoms. The van der Waals surface area contributed by atoms with Crippen LogP contribution in [0.2, 0.25) is 5.02 Å². The van der Waals surface area contributed by atoms with E-state index < -0.39 is 17.7 Å². The monoisotopic (exact) mass is 539 g/mol. The zero-order chi connectivity index (χ0) is 26.8. The van der Waals surface area contributed by atoms with Crippen LogP contribution in [0.3, 0.4) is 0 Å². The zero-order valence-electron chi connectivity index (χ0n) is 21.3. The van der Waals surface area contributed by atoms with Gasteiger partial charge in [0.1, 0.15) is 11.4 Å². The number of benzene rings is 1. The van der Waals surface area contributed by atoms with Crippen molar-refractivity contribution < 1.29 is 27.4 Å². The molecule has 2 aliphatic rings. The largest absolute Gasteiger partial charge is 0.490 e. The average Bonchev–Trinajstić information content (AvgIpc) is 2.86. The maximum Gasteiger partial charge on any atom is 0.490 e. The second kappa shape index (κ2) is 11.2. The van der Waals surface area contributed by atoms with Crippen LogP contribution in [0.15, 0.2) is 42.6 Å². The zero-order valence-corrected chi connectivity index (χ0v) is 22.1. The van der Waals surface area contributed by atoms with Crippen LogP contribution in [0.5, 0.6) is 0 Å². The minimum atomic E-state index is -5.04. The molecule has 0 radical (unpaired) electrons. The van der Waals surface area contributed by atoms with Crippen LogP contribution in [0, 0.1) is 0 Å². The summed E-state index contributed by atoms with van der Waals surface area (Å²) >= 11 is 6.05. The van der Waals surface area contributed by atoms with E-state index >= 15 is 0 Å². The van der Waals surface area contributed by atoms with Crippen LogP contribution >= 0.6 is 11.6 Å². The van der Waals surface area contributed by atoms with E-state index in [1.807, 2.05) is 12.1 Å². The number of hydrogen-bond donors (Lipinski definition) is 0. The molecule has 0 saturated carbocycles. The number of pyridine rings is 1. The van der Waals surface area contributed by atoms with E-state index in [1.165, 1.54) is 19.4 Å². The standard InChI is InChI=1S/C27H33ClF3N3O3/c1-18-16-34(23(17-36-18)14-19-4-6-21(28)7-5-19)22-9-12-33(13-10-22)24-15-20(8-11-32-24)26(2,3)37-25(35)27(29,30)31/h4-8,11,15,18,22-23H,9-10,12-14,16-17H2,1-3H3/t18-,23-/m0/s1. The van der Waals surface area contributed by atoms with E-state index in [9.17, 15) is 18.0 Å². The Bertz CT molecular complexity index is 1070. The Kier molecular flexibility index (Phi) is 8.35. The maximum atomic E-state index is 12.7. The summed E-state index contributed by atoms with van der Waals surface area (Å²) in [6.07, 6.45) is -0.577. The summed E-state index contributed by atoms with van der Waals surface area (Å²) in [5, 5.41) is 0.723. The molecule has 2 saturated heterocycles. The lowest BCUT2D eigenvalue weighted by atomic mass is 9.96. The van der Waals surface area contributed by atoms with E-state index in [2.05, 4.69) is 33.8 Å². The van der Waals surface area contributed by atoms with Gasteiger partial charge in [-0.25, -0.2) is 9.78 Å². The van der Waals surface area contributed by atoms with Crippen LogP contribution in [-0.4, -0.2) is 66.5 Å². The second-order valence-electron chi connectivity index (χ2n) is 10.3. The minimum absolute atomic E-state index is 0.166. The van der Waals surface area contributed by atoms with E-state index in [4.69, 9.17) is 21.1 Å². The third-order valence-electron chi connectivity index (χ3n) is 7.17. The lowest BCUT2D eigenvalue weighted by molar-refractivity contribution is -0.212. The number of alkyl halides is 3. The van der Waals surface area contributed by atoms with Crippen molar-refractivity contribution in [1.82, 2.24) is 9.88 Å². The predicted octanol–water partition coefficient (Wildman–Crippen LogP) is 5.38. The highest BCUT2D eigenvalue weighted by Gasteiger charge is 2.44. The summed E-state index contributed by atoms with van der Waals surface area (Å²) in [7, 11) is 0. The number of aromatic nitrogens is 1. The Morgan fingerprint density at radius 2 is 1.84 bits per heavy atom. The fourth-order valence-corrected chi connectivity index (χ4v) is 5.25. The summed E-state index contributed by atoms with van der Waals surface area (Å²) in [4.78, 5) is 20.6. The molecule has 6 nitrogen and oxygen atoms in total. The van der Waals surface area contributed by atoms with E-state index in [-0.39, 0.29) is 12.1 Å². The molecule has 0 aliphatic carbocycles. The first-order valence-electron chi connectivity index (χ1n) is 12.6. The highest BCUT2D eigenvalue weighted by atomic mass is 35.5. The molecule has 10 heteroatoms. The normalized spacial score (nSPS) is 22.2. The number of esters is 1. The molecule has 0 N–H and O–H groups in total. The molecule has 0 unspecified atom stereocenters. The quantitative estimate of drug-likeness (QED) is 0.460. The van der Waals surface area contributed by atoms with Gasteiger partial charge in [-0.05, 0) is 69.9 Å². The Labute approximate surface area is 220 Å². The van der Waals surface area contributed by atoms with Gasteiger partial charge in [-0.1, -0.05) is 23.7 Å². The fourth-order valence-electron chi connectivity index (χ4n) is 5.13. The van der Waals surface area contributed by atoms with Gasteiger partial charge in [0, 0.05) is 48.5 Å². The summed E-state index contributed by atoms with van der Waals surface area (Å²) in [6, 6.07) is 11.9. The van der Waals surface area contributed by atoms with Crippen molar-refractivity contribution in [2.24, 2.45) is 0 Å². The number of nitrogens with zero attached hydrogens (tertiary/aromatic N) is 3. The number of halogens is 4. The average molecular weight is 540 g/mol. The van der Waals surface area contributed by atoms with Gasteiger partial charge in [0.2, 0.25) is 0 Å². The highest BCUT2D eigenvalue weighted by molar-refractivity contribution is 6.30. The van der Waals surface area contributed by atoms with Gasteiger partial charge in [0.25, 0.3) is 0 Å². The number of carbonyl (C=O) groups is 1. The van der Waals surface area contributed by atoms with Gasteiger partial charge in [0.15, 0.2) is 0 Å². The molecule has 0 amide bonds.